The number of hydrogen-bond acceptors (Lipinski definition) is 4. The predicted octanol–water partition coefficient (Wildman–Crippen LogP) is 4.46. The molecule has 0 aromatic heterocycles. The van der Waals surface area contributed by atoms with Crippen LogP contribution in [0.4, 0.5) is 4.79 Å². The van der Waals surface area contributed by atoms with Gasteiger partial charge in [0.05, 0.1) is 11.3 Å². The van der Waals surface area contributed by atoms with Crippen molar-refractivity contribution in [3.05, 3.63) is 59.7 Å². The third kappa shape index (κ3) is 4.77. The van der Waals surface area contributed by atoms with E-state index in [2.05, 4.69) is 34.9 Å². The van der Waals surface area contributed by atoms with Gasteiger partial charge in [0.2, 0.25) is 5.91 Å². The number of rotatable bonds is 7. The summed E-state index contributed by atoms with van der Waals surface area (Å²) in [5.74, 6) is -1.44. The van der Waals surface area contributed by atoms with Gasteiger partial charge in [-0.05, 0) is 47.9 Å². The Morgan fingerprint density at radius 1 is 0.914 bits per heavy atom. The minimum atomic E-state index is -0.855. The zero-order valence-electron chi connectivity index (χ0n) is 19.8. The number of carboxylic acid groups (broad SMARTS) is 1. The van der Waals surface area contributed by atoms with Crippen LogP contribution in [-0.2, 0) is 14.3 Å². The first-order valence-electron chi connectivity index (χ1n) is 12.6. The van der Waals surface area contributed by atoms with Crippen LogP contribution in [0.15, 0.2) is 48.5 Å². The van der Waals surface area contributed by atoms with Crippen LogP contribution in [0.1, 0.15) is 62.0 Å². The number of carbonyl (C=O) groups excluding carboxylic acids is 2. The molecule has 5 rings (SSSR count). The molecule has 3 aliphatic carbocycles. The number of ether oxygens (including phenoxy) is 1. The fourth-order valence-electron chi connectivity index (χ4n) is 5.59. The topological polar surface area (TPSA) is 105 Å². The first-order chi connectivity index (χ1) is 17.0. The van der Waals surface area contributed by atoms with E-state index >= 15 is 0 Å². The van der Waals surface area contributed by atoms with Crippen molar-refractivity contribution in [3.63, 3.8) is 0 Å². The molecule has 2 saturated carbocycles. The Hall–Kier alpha value is -3.35. The molecule has 0 bridgehead atoms. The second-order valence-electron chi connectivity index (χ2n) is 10.1. The van der Waals surface area contributed by atoms with Gasteiger partial charge in [0.1, 0.15) is 6.61 Å². The molecule has 0 unspecified atom stereocenters. The van der Waals surface area contributed by atoms with Crippen molar-refractivity contribution < 1.29 is 24.2 Å². The molecule has 3 aliphatic rings. The van der Waals surface area contributed by atoms with E-state index in [0.717, 1.165) is 30.4 Å². The highest BCUT2D eigenvalue weighted by Gasteiger charge is 2.50. The first kappa shape index (κ1) is 23.4. The summed E-state index contributed by atoms with van der Waals surface area (Å²) in [4.78, 5) is 37.3. The van der Waals surface area contributed by atoms with E-state index in [9.17, 15) is 19.5 Å². The van der Waals surface area contributed by atoms with Crippen LogP contribution < -0.4 is 10.6 Å². The van der Waals surface area contributed by atoms with Crippen molar-refractivity contribution in [2.45, 2.75) is 56.9 Å². The van der Waals surface area contributed by atoms with Crippen molar-refractivity contribution in [1.82, 2.24) is 10.6 Å². The van der Waals surface area contributed by atoms with Gasteiger partial charge in [-0.2, -0.15) is 0 Å². The van der Waals surface area contributed by atoms with Gasteiger partial charge in [0.25, 0.3) is 0 Å². The normalized spacial score (nSPS) is 22.3. The van der Waals surface area contributed by atoms with E-state index in [1.54, 1.807) is 0 Å². The Kier molecular flexibility index (Phi) is 6.50. The highest BCUT2D eigenvalue weighted by Crippen LogP contribution is 2.45. The lowest BCUT2D eigenvalue weighted by molar-refractivity contribution is -0.143. The third-order valence-corrected chi connectivity index (χ3v) is 7.91. The lowest BCUT2D eigenvalue weighted by atomic mass is 9.93. The van der Waals surface area contributed by atoms with Gasteiger partial charge < -0.3 is 20.5 Å². The minimum Gasteiger partial charge on any atom is -0.481 e. The Bertz CT molecular complexity index is 1080. The fraction of sp³-hybridized carbons (Fsp3) is 0.464. The van der Waals surface area contributed by atoms with Crippen LogP contribution in [0.25, 0.3) is 11.1 Å². The van der Waals surface area contributed by atoms with Gasteiger partial charge in [-0.15, -0.1) is 0 Å². The van der Waals surface area contributed by atoms with Gasteiger partial charge in [0, 0.05) is 18.5 Å². The van der Waals surface area contributed by atoms with E-state index in [0.29, 0.717) is 25.7 Å². The van der Waals surface area contributed by atoms with Crippen LogP contribution in [0.2, 0.25) is 0 Å². The maximum Gasteiger partial charge on any atom is 0.407 e. The van der Waals surface area contributed by atoms with Gasteiger partial charge in [-0.25, -0.2) is 4.79 Å². The molecule has 35 heavy (non-hydrogen) atoms. The predicted molar refractivity (Wildman–Crippen MR) is 131 cm³/mol. The zero-order valence-corrected chi connectivity index (χ0v) is 19.8. The molecular weight excluding hydrogens is 444 g/mol. The average Bonchev–Trinajstić information content (AvgIpc) is 3.64. The Morgan fingerprint density at radius 2 is 1.54 bits per heavy atom. The van der Waals surface area contributed by atoms with Crippen LogP contribution >= 0.6 is 0 Å². The highest BCUT2D eigenvalue weighted by molar-refractivity contribution is 5.83. The maximum absolute atomic E-state index is 13.0. The SMILES string of the molecule is O=C(N[C@@H]1CCCCC[C@@H]1C(=O)NCC1(C(=O)O)CC1)OCC1c2ccccc2-c2ccccc21. The summed E-state index contributed by atoms with van der Waals surface area (Å²) in [5.41, 5.74) is 3.84. The smallest absolute Gasteiger partial charge is 0.407 e. The number of hydrogen-bond donors (Lipinski definition) is 3. The monoisotopic (exact) mass is 476 g/mol. The van der Waals surface area contributed by atoms with Gasteiger partial charge in [0.15, 0.2) is 0 Å². The summed E-state index contributed by atoms with van der Waals surface area (Å²) < 4.78 is 5.71. The first-order valence-corrected chi connectivity index (χ1v) is 12.6. The van der Waals surface area contributed by atoms with E-state index in [4.69, 9.17) is 4.74 Å². The molecule has 7 nitrogen and oxygen atoms in total. The van der Waals surface area contributed by atoms with E-state index in [1.165, 1.54) is 11.1 Å². The standard InChI is InChI=1S/C28H32N2O5/c31-25(29-17-28(14-15-28)26(32)33)22-12-2-1-3-13-24(22)30-27(34)35-16-23-20-10-6-4-8-18(20)19-9-5-7-11-21(19)23/h4-11,22-24H,1-3,12-17H2,(H,29,31)(H,30,34)(H,32,33)/t22-,24+/m0/s1. The highest BCUT2D eigenvalue weighted by atomic mass is 16.5. The molecule has 3 N–H and O–H groups in total. The second-order valence-corrected chi connectivity index (χ2v) is 10.1. The molecule has 2 aromatic rings. The molecule has 0 spiro atoms. The molecule has 2 amide bonds. The Morgan fingerprint density at radius 3 is 2.17 bits per heavy atom. The lowest BCUT2D eigenvalue weighted by Crippen LogP contribution is -2.48. The van der Waals surface area contributed by atoms with E-state index < -0.39 is 17.5 Å². The number of amides is 2. The second kappa shape index (κ2) is 9.72. The molecule has 2 atom stereocenters. The Labute approximate surface area is 205 Å². The summed E-state index contributed by atoms with van der Waals surface area (Å²) in [6.45, 7) is 0.375. The molecule has 0 saturated heterocycles. The van der Waals surface area contributed by atoms with Gasteiger partial charge in [-0.3, -0.25) is 9.59 Å². The molecule has 2 fully saturated rings. The number of nitrogens with one attached hydrogen (secondary N) is 2. The maximum atomic E-state index is 13.0. The van der Waals surface area contributed by atoms with Gasteiger partial charge >= 0.3 is 12.1 Å². The minimum absolute atomic E-state index is 0.0212. The van der Waals surface area contributed by atoms with E-state index in [-0.39, 0.29) is 36.9 Å². The Balaban J connectivity index is 1.21. The largest absolute Gasteiger partial charge is 0.481 e. The molecule has 2 aromatic carbocycles. The summed E-state index contributed by atoms with van der Waals surface area (Å²) in [7, 11) is 0. The summed E-state index contributed by atoms with van der Waals surface area (Å²) in [6.07, 6.45) is 4.88. The number of carbonyl (C=O) groups is 3. The van der Waals surface area contributed by atoms with Crippen LogP contribution in [0, 0.1) is 11.3 Å². The van der Waals surface area contributed by atoms with Crippen molar-refractivity contribution in [2.75, 3.05) is 13.2 Å². The molecule has 0 radical (unpaired) electrons. The number of benzene rings is 2. The fourth-order valence-corrected chi connectivity index (χ4v) is 5.59. The number of fused-ring (bicyclic) bond motifs is 3. The third-order valence-electron chi connectivity index (χ3n) is 7.91. The summed E-state index contributed by atoms with van der Waals surface area (Å²) in [6, 6.07) is 16.1. The van der Waals surface area contributed by atoms with Crippen molar-refractivity contribution >= 4 is 18.0 Å². The molecule has 0 aliphatic heterocycles. The quantitative estimate of drug-likeness (QED) is 0.512. The number of carboxylic acids is 1. The molecule has 184 valence electrons. The molecular formula is C28H32N2O5. The van der Waals surface area contributed by atoms with Crippen LogP contribution in [-0.4, -0.2) is 42.3 Å². The van der Waals surface area contributed by atoms with Crippen molar-refractivity contribution in [2.24, 2.45) is 11.3 Å². The molecule has 7 heteroatoms. The number of aliphatic carboxylic acids is 1. The van der Waals surface area contributed by atoms with Gasteiger partial charge in [-0.1, -0.05) is 67.8 Å². The van der Waals surface area contributed by atoms with Crippen molar-refractivity contribution in [1.29, 1.82) is 0 Å². The van der Waals surface area contributed by atoms with E-state index in [1.807, 2.05) is 24.3 Å². The van der Waals surface area contributed by atoms with Crippen LogP contribution in [0.3, 0.4) is 0 Å². The van der Waals surface area contributed by atoms with Crippen LogP contribution in [0.5, 0.6) is 0 Å². The molecule has 0 heterocycles. The summed E-state index contributed by atoms with van der Waals surface area (Å²) >= 11 is 0. The summed E-state index contributed by atoms with van der Waals surface area (Å²) in [5, 5.41) is 15.2. The number of alkyl carbamates (subject to hydrolysis) is 1. The average molecular weight is 477 g/mol. The zero-order chi connectivity index (χ0) is 24.4. The lowest BCUT2D eigenvalue weighted by Gasteiger charge is -2.26. The van der Waals surface area contributed by atoms with Crippen molar-refractivity contribution in [3.8, 4) is 11.1 Å².